The number of rotatable bonds is 4. The number of esters is 1. The quantitative estimate of drug-likeness (QED) is 0.855. The van der Waals surface area contributed by atoms with Gasteiger partial charge in [0.25, 0.3) is 5.91 Å². The summed E-state index contributed by atoms with van der Waals surface area (Å²) in [6.45, 7) is 4.95. The molecule has 0 aliphatic carbocycles. The van der Waals surface area contributed by atoms with Gasteiger partial charge in [0.05, 0.1) is 11.7 Å². The van der Waals surface area contributed by atoms with E-state index >= 15 is 0 Å². The number of carbonyl (C=O) groups is 3. The average Bonchev–Trinajstić information content (AvgIpc) is 2.51. The van der Waals surface area contributed by atoms with Crippen LogP contribution < -0.4 is 5.32 Å². The van der Waals surface area contributed by atoms with Gasteiger partial charge in [0.2, 0.25) is 5.91 Å². The largest absolute Gasteiger partial charge is 0.461 e. The van der Waals surface area contributed by atoms with E-state index in [9.17, 15) is 18.8 Å². The molecule has 1 aromatic rings. The minimum absolute atomic E-state index is 0.128. The molecule has 1 aliphatic rings. The predicted octanol–water partition coefficient (Wildman–Crippen LogP) is 2.12. The van der Waals surface area contributed by atoms with E-state index in [2.05, 4.69) is 5.32 Å². The molecule has 0 saturated heterocycles. The molecule has 6 nitrogen and oxygen atoms in total. The zero-order valence-electron chi connectivity index (χ0n) is 14.2. The Morgan fingerprint density at radius 1 is 1.25 bits per heavy atom. The lowest BCUT2D eigenvalue weighted by molar-refractivity contribution is -0.151. The highest BCUT2D eigenvalue weighted by Gasteiger charge is 2.28. The third kappa shape index (κ3) is 3.72. The third-order valence-corrected chi connectivity index (χ3v) is 3.91. The maximum Gasteiger partial charge on any atom is 0.328 e. The zero-order chi connectivity index (χ0) is 18.0. The molecule has 0 aromatic heterocycles. The van der Waals surface area contributed by atoms with E-state index in [1.807, 2.05) is 0 Å². The summed E-state index contributed by atoms with van der Waals surface area (Å²) < 4.78 is 19.4. The molecular weight excluding hydrogens is 315 g/mol. The monoisotopic (exact) mass is 336 g/mol. The van der Waals surface area contributed by atoms with Gasteiger partial charge in [0.1, 0.15) is 11.9 Å². The van der Waals surface area contributed by atoms with Crippen molar-refractivity contribution in [1.82, 2.24) is 4.90 Å². The molecule has 0 spiro atoms. The fourth-order valence-corrected chi connectivity index (χ4v) is 2.42. The Kier molecular flexibility index (Phi) is 5.21. The SMILES string of the molecule is CC(C)OC(=O)[C@H](C)N(C)C(=O)c1cc2c(cc1F)NC(=O)CC2. The number of ether oxygens (including phenoxy) is 1. The second kappa shape index (κ2) is 6.98. The lowest BCUT2D eigenvalue weighted by atomic mass is 9.99. The molecule has 7 heteroatoms. The molecule has 1 atom stereocenters. The highest BCUT2D eigenvalue weighted by molar-refractivity contribution is 5.99. The first-order valence-electron chi connectivity index (χ1n) is 7.80. The molecule has 0 fully saturated rings. The summed E-state index contributed by atoms with van der Waals surface area (Å²) in [5, 5.41) is 2.58. The normalized spacial score (nSPS) is 14.7. The molecule has 2 rings (SSSR count). The van der Waals surface area contributed by atoms with E-state index in [0.29, 0.717) is 24.1 Å². The van der Waals surface area contributed by atoms with Crippen molar-refractivity contribution in [3.63, 3.8) is 0 Å². The van der Waals surface area contributed by atoms with Gasteiger partial charge in [-0.3, -0.25) is 9.59 Å². The van der Waals surface area contributed by atoms with E-state index in [-0.39, 0.29) is 17.6 Å². The van der Waals surface area contributed by atoms with Crippen LogP contribution in [0, 0.1) is 5.82 Å². The van der Waals surface area contributed by atoms with Crippen molar-refractivity contribution in [3.05, 3.63) is 29.1 Å². The van der Waals surface area contributed by atoms with Gasteiger partial charge < -0.3 is 15.0 Å². The van der Waals surface area contributed by atoms with Gasteiger partial charge in [-0.15, -0.1) is 0 Å². The van der Waals surface area contributed by atoms with Gasteiger partial charge in [0.15, 0.2) is 0 Å². The molecule has 130 valence electrons. The second-order valence-corrected chi connectivity index (χ2v) is 6.12. The topological polar surface area (TPSA) is 75.7 Å². The van der Waals surface area contributed by atoms with E-state index in [4.69, 9.17) is 4.74 Å². The first kappa shape index (κ1) is 17.9. The van der Waals surface area contributed by atoms with Crippen LogP contribution in [0.4, 0.5) is 10.1 Å². The lowest BCUT2D eigenvalue weighted by Gasteiger charge is -2.25. The molecule has 1 aromatic carbocycles. The Morgan fingerprint density at radius 3 is 2.54 bits per heavy atom. The highest BCUT2D eigenvalue weighted by Crippen LogP contribution is 2.26. The molecule has 1 heterocycles. The number of nitrogens with one attached hydrogen (secondary N) is 1. The molecule has 2 amide bonds. The molecule has 0 radical (unpaired) electrons. The van der Waals surface area contributed by atoms with Crippen LogP contribution in [-0.4, -0.2) is 41.9 Å². The van der Waals surface area contributed by atoms with Crippen molar-refractivity contribution in [1.29, 1.82) is 0 Å². The number of hydrogen-bond donors (Lipinski definition) is 1. The van der Waals surface area contributed by atoms with Crippen LogP contribution in [0.5, 0.6) is 0 Å². The number of hydrogen-bond acceptors (Lipinski definition) is 4. The number of aryl methyl sites for hydroxylation is 1. The summed E-state index contributed by atoms with van der Waals surface area (Å²) in [4.78, 5) is 37.0. The van der Waals surface area contributed by atoms with Gasteiger partial charge in [-0.1, -0.05) is 0 Å². The Hall–Kier alpha value is -2.44. The number of benzene rings is 1. The number of likely N-dealkylation sites (N-methyl/N-ethyl adjacent to an activating group) is 1. The molecule has 24 heavy (non-hydrogen) atoms. The fraction of sp³-hybridized carbons (Fsp3) is 0.471. The summed E-state index contributed by atoms with van der Waals surface area (Å²) in [6, 6.07) is 1.74. The van der Waals surface area contributed by atoms with Crippen molar-refractivity contribution < 1.29 is 23.5 Å². The van der Waals surface area contributed by atoms with Crippen molar-refractivity contribution in [3.8, 4) is 0 Å². The van der Waals surface area contributed by atoms with Crippen LogP contribution in [0.15, 0.2) is 12.1 Å². The minimum atomic E-state index is -0.838. The van der Waals surface area contributed by atoms with Crippen molar-refractivity contribution >= 4 is 23.5 Å². The number of carbonyl (C=O) groups excluding carboxylic acids is 3. The van der Waals surface area contributed by atoms with Crippen molar-refractivity contribution in [2.75, 3.05) is 12.4 Å². The number of anilines is 1. The molecule has 0 unspecified atom stereocenters. The standard InChI is InChI=1S/C17H21FN2O4/c1-9(2)24-17(23)10(3)20(4)16(22)12-7-11-5-6-15(21)19-14(11)8-13(12)18/h7-10H,5-6H2,1-4H3,(H,19,21)/t10-/m0/s1. The first-order chi connectivity index (χ1) is 11.2. The van der Waals surface area contributed by atoms with Gasteiger partial charge >= 0.3 is 5.97 Å². The van der Waals surface area contributed by atoms with Crippen LogP contribution >= 0.6 is 0 Å². The molecule has 1 N–H and O–H groups in total. The summed E-state index contributed by atoms with van der Waals surface area (Å²) in [6.07, 6.45) is 0.433. The van der Waals surface area contributed by atoms with Crippen LogP contribution in [0.2, 0.25) is 0 Å². The maximum atomic E-state index is 14.3. The van der Waals surface area contributed by atoms with Gasteiger partial charge in [-0.25, -0.2) is 9.18 Å². The van der Waals surface area contributed by atoms with Crippen LogP contribution in [0.25, 0.3) is 0 Å². The van der Waals surface area contributed by atoms with Crippen LogP contribution in [-0.2, 0) is 20.7 Å². The fourth-order valence-electron chi connectivity index (χ4n) is 2.42. The number of fused-ring (bicyclic) bond motifs is 1. The first-order valence-corrected chi connectivity index (χ1v) is 7.80. The third-order valence-electron chi connectivity index (χ3n) is 3.91. The zero-order valence-corrected chi connectivity index (χ0v) is 14.2. The lowest BCUT2D eigenvalue weighted by Crippen LogP contribution is -2.42. The van der Waals surface area contributed by atoms with E-state index in [1.54, 1.807) is 13.8 Å². The predicted molar refractivity (Wildman–Crippen MR) is 86.1 cm³/mol. The minimum Gasteiger partial charge on any atom is -0.461 e. The number of halogens is 1. The second-order valence-electron chi connectivity index (χ2n) is 6.12. The molecule has 1 aliphatic heterocycles. The summed E-state index contributed by atoms with van der Waals surface area (Å²) in [7, 11) is 1.43. The van der Waals surface area contributed by atoms with Gasteiger partial charge in [0, 0.05) is 19.2 Å². The average molecular weight is 336 g/mol. The smallest absolute Gasteiger partial charge is 0.328 e. The number of amides is 2. The summed E-state index contributed by atoms with van der Waals surface area (Å²) >= 11 is 0. The Morgan fingerprint density at radius 2 is 1.92 bits per heavy atom. The van der Waals surface area contributed by atoms with E-state index in [1.165, 1.54) is 20.0 Å². The Bertz CT molecular complexity index is 687. The summed E-state index contributed by atoms with van der Waals surface area (Å²) in [5.74, 6) is -2.08. The van der Waals surface area contributed by atoms with E-state index in [0.717, 1.165) is 11.0 Å². The van der Waals surface area contributed by atoms with E-state index < -0.39 is 23.7 Å². The van der Waals surface area contributed by atoms with Gasteiger partial charge in [-0.2, -0.15) is 0 Å². The highest BCUT2D eigenvalue weighted by atomic mass is 19.1. The van der Waals surface area contributed by atoms with Crippen LogP contribution in [0.1, 0.15) is 43.1 Å². The van der Waals surface area contributed by atoms with Crippen LogP contribution in [0.3, 0.4) is 0 Å². The van der Waals surface area contributed by atoms with Crippen molar-refractivity contribution in [2.45, 2.75) is 45.8 Å². The summed E-state index contributed by atoms with van der Waals surface area (Å²) in [5.41, 5.74) is 0.956. The van der Waals surface area contributed by atoms with Crippen molar-refractivity contribution in [2.24, 2.45) is 0 Å². The molecule has 0 saturated carbocycles. The van der Waals surface area contributed by atoms with Gasteiger partial charge in [-0.05, 0) is 44.9 Å². The Labute approximate surface area is 140 Å². The molecular formula is C17H21FN2O4. The molecule has 0 bridgehead atoms. The maximum absolute atomic E-state index is 14.3. The Balaban J connectivity index is 2.23. The number of nitrogens with zero attached hydrogens (tertiary/aromatic N) is 1.